The van der Waals surface area contributed by atoms with Crippen LogP contribution in [-0.4, -0.2) is 60.7 Å². The number of sulfonamides is 1. The monoisotopic (exact) mass is 477 g/mol. The summed E-state index contributed by atoms with van der Waals surface area (Å²) in [4.78, 5) is 15.1. The van der Waals surface area contributed by atoms with E-state index in [1.807, 2.05) is 55.1 Å². The molecule has 3 aromatic rings. The van der Waals surface area contributed by atoms with Crippen molar-refractivity contribution in [3.05, 3.63) is 69.8 Å². The molecule has 1 saturated heterocycles. The number of aromatic nitrogens is 1. The molecular weight excluding hydrogens is 454 g/mol. The SMILES string of the molecule is Cc1cc(C(=O)CN2CCN(S(=O)(=O)c3ccc(Cl)s3)CC2)c(C)n1-c1ccccc1. The van der Waals surface area contributed by atoms with Crippen LogP contribution in [-0.2, 0) is 10.0 Å². The summed E-state index contributed by atoms with van der Waals surface area (Å²) >= 11 is 6.96. The molecule has 1 aliphatic rings. The van der Waals surface area contributed by atoms with Crippen LogP contribution in [0.25, 0.3) is 5.69 Å². The van der Waals surface area contributed by atoms with Crippen LogP contribution >= 0.6 is 22.9 Å². The standard InChI is InChI=1S/C22H24ClN3O3S2/c1-16-14-19(17(2)26(16)18-6-4-3-5-7-18)20(27)15-24-10-12-25(13-11-24)31(28,29)22-9-8-21(23)30-22/h3-9,14H,10-13,15H2,1-2H3. The summed E-state index contributed by atoms with van der Waals surface area (Å²) in [7, 11) is -3.53. The number of Topliss-reactive ketones (excluding diaryl/α,β-unsaturated/α-hetero) is 1. The molecule has 1 aromatic carbocycles. The third-order valence-corrected chi connectivity index (χ3v) is 9.18. The molecule has 0 atom stereocenters. The van der Waals surface area contributed by atoms with Crippen molar-refractivity contribution in [2.75, 3.05) is 32.7 Å². The third kappa shape index (κ3) is 4.49. The van der Waals surface area contributed by atoms with Gasteiger partial charge in [0, 0.05) is 48.8 Å². The first-order chi connectivity index (χ1) is 14.8. The van der Waals surface area contributed by atoms with Crippen molar-refractivity contribution in [2.24, 2.45) is 0 Å². The van der Waals surface area contributed by atoms with Gasteiger partial charge < -0.3 is 4.57 Å². The van der Waals surface area contributed by atoms with Gasteiger partial charge in [-0.3, -0.25) is 9.69 Å². The summed E-state index contributed by atoms with van der Waals surface area (Å²) in [5.41, 5.74) is 3.68. The van der Waals surface area contributed by atoms with E-state index in [9.17, 15) is 13.2 Å². The van der Waals surface area contributed by atoms with Crippen molar-refractivity contribution in [1.29, 1.82) is 0 Å². The lowest BCUT2D eigenvalue weighted by atomic mass is 10.1. The molecule has 4 rings (SSSR count). The molecule has 3 heterocycles. The molecule has 0 spiro atoms. The van der Waals surface area contributed by atoms with E-state index in [-0.39, 0.29) is 16.5 Å². The minimum atomic E-state index is -3.53. The highest BCUT2D eigenvalue weighted by molar-refractivity contribution is 7.91. The maximum atomic E-state index is 13.0. The van der Waals surface area contributed by atoms with Gasteiger partial charge in [0.1, 0.15) is 4.21 Å². The fraction of sp³-hybridized carbons (Fsp3) is 0.318. The molecule has 0 bridgehead atoms. The number of thiophene rings is 1. The van der Waals surface area contributed by atoms with E-state index in [2.05, 4.69) is 4.57 Å². The quantitative estimate of drug-likeness (QED) is 0.503. The maximum absolute atomic E-state index is 13.0. The van der Waals surface area contributed by atoms with E-state index in [4.69, 9.17) is 11.6 Å². The highest BCUT2D eigenvalue weighted by Crippen LogP contribution is 2.28. The number of nitrogens with zero attached hydrogens (tertiary/aromatic N) is 3. The second-order valence-electron chi connectivity index (χ2n) is 7.62. The molecule has 0 saturated carbocycles. The minimum absolute atomic E-state index is 0.0524. The maximum Gasteiger partial charge on any atom is 0.252 e. The van der Waals surface area contributed by atoms with Gasteiger partial charge in [-0.25, -0.2) is 8.42 Å². The van der Waals surface area contributed by atoms with E-state index in [0.717, 1.165) is 28.4 Å². The Morgan fingerprint density at radius 1 is 1.03 bits per heavy atom. The van der Waals surface area contributed by atoms with Crippen molar-refractivity contribution in [2.45, 2.75) is 18.1 Å². The summed E-state index contributed by atoms with van der Waals surface area (Å²) in [6.45, 7) is 5.98. The number of carbonyl (C=O) groups excluding carboxylic acids is 1. The minimum Gasteiger partial charge on any atom is -0.318 e. The van der Waals surface area contributed by atoms with Crippen LogP contribution in [0.1, 0.15) is 21.7 Å². The summed E-state index contributed by atoms with van der Waals surface area (Å²) < 4.78 is 29.8. The number of hydrogen-bond donors (Lipinski definition) is 0. The highest BCUT2D eigenvalue weighted by Gasteiger charge is 2.30. The Kier molecular flexibility index (Phi) is 6.37. The van der Waals surface area contributed by atoms with Crippen LogP contribution in [0.2, 0.25) is 4.34 Å². The lowest BCUT2D eigenvalue weighted by molar-refractivity contribution is 0.0901. The van der Waals surface area contributed by atoms with Crippen LogP contribution < -0.4 is 0 Å². The van der Waals surface area contributed by atoms with E-state index >= 15 is 0 Å². The van der Waals surface area contributed by atoms with Crippen LogP contribution in [0.5, 0.6) is 0 Å². The highest BCUT2D eigenvalue weighted by atomic mass is 35.5. The molecule has 1 fully saturated rings. The molecule has 0 amide bonds. The molecule has 0 N–H and O–H groups in total. The van der Waals surface area contributed by atoms with Crippen molar-refractivity contribution in [3.63, 3.8) is 0 Å². The zero-order valence-corrected chi connectivity index (χ0v) is 19.8. The van der Waals surface area contributed by atoms with Gasteiger partial charge in [0.05, 0.1) is 10.9 Å². The van der Waals surface area contributed by atoms with Gasteiger partial charge in [0.25, 0.3) is 10.0 Å². The van der Waals surface area contributed by atoms with Gasteiger partial charge in [-0.15, -0.1) is 11.3 Å². The van der Waals surface area contributed by atoms with Gasteiger partial charge in [0.2, 0.25) is 0 Å². The Labute approximate surface area is 191 Å². The zero-order chi connectivity index (χ0) is 22.2. The second kappa shape index (κ2) is 8.88. The molecule has 164 valence electrons. The van der Waals surface area contributed by atoms with Crippen molar-refractivity contribution >= 4 is 38.7 Å². The average Bonchev–Trinajstić information content (AvgIpc) is 3.32. The summed E-state index contributed by atoms with van der Waals surface area (Å²) in [6, 6.07) is 15.0. The van der Waals surface area contributed by atoms with E-state index in [0.29, 0.717) is 36.1 Å². The van der Waals surface area contributed by atoms with Crippen LogP contribution in [0.15, 0.2) is 52.7 Å². The van der Waals surface area contributed by atoms with Crippen LogP contribution in [0, 0.1) is 13.8 Å². The van der Waals surface area contributed by atoms with Gasteiger partial charge in [-0.1, -0.05) is 29.8 Å². The normalized spacial score (nSPS) is 16.0. The molecule has 6 nitrogen and oxygen atoms in total. The van der Waals surface area contributed by atoms with Crippen molar-refractivity contribution < 1.29 is 13.2 Å². The Morgan fingerprint density at radius 2 is 1.71 bits per heavy atom. The second-order valence-corrected chi connectivity index (χ2v) is 11.5. The smallest absolute Gasteiger partial charge is 0.252 e. The lowest BCUT2D eigenvalue weighted by Crippen LogP contribution is -2.49. The number of benzene rings is 1. The Bertz CT molecular complexity index is 1190. The third-order valence-electron chi connectivity index (χ3n) is 5.59. The average molecular weight is 478 g/mol. The van der Waals surface area contributed by atoms with Crippen molar-refractivity contribution in [3.8, 4) is 5.69 Å². The van der Waals surface area contributed by atoms with Crippen LogP contribution in [0.4, 0.5) is 0 Å². The largest absolute Gasteiger partial charge is 0.318 e. The van der Waals surface area contributed by atoms with Gasteiger partial charge in [0.15, 0.2) is 5.78 Å². The predicted octanol–water partition coefficient (Wildman–Crippen LogP) is 4.00. The number of para-hydroxylation sites is 1. The van der Waals surface area contributed by atoms with Gasteiger partial charge in [-0.05, 0) is 44.2 Å². The number of hydrogen-bond acceptors (Lipinski definition) is 5. The first-order valence-electron chi connectivity index (χ1n) is 10.0. The molecule has 2 aromatic heterocycles. The van der Waals surface area contributed by atoms with Crippen LogP contribution in [0.3, 0.4) is 0 Å². The van der Waals surface area contributed by atoms with Gasteiger partial charge in [-0.2, -0.15) is 4.31 Å². The summed E-state index contributed by atoms with van der Waals surface area (Å²) in [6.07, 6.45) is 0. The Balaban J connectivity index is 1.42. The molecular formula is C22H24ClN3O3S2. The fourth-order valence-electron chi connectivity index (χ4n) is 4.00. The first kappa shape index (κ1) is 22.2. The number of piperazine rings is 1. The zero-order valence-electron chi connectivity index (χ0n) is 17.4. The molecule has 0 aliphatic carbocycles. The predicted molar refractivity (Wildman–Crippen MR) is 124 cm³/mol. The number of rotatable bonds is 6. The number of ketones is 1. The summed E-state index contributed by atoms with van der Waals surface area (Å²) in [5, 5.41) is 0. The Hall–Kier alpha value is -1.97. The molecule has 9 heteroatoms. The molecule has 1 aliphatic heterocycles. The van der Waals surface area contributed by atoms with E-state index < -0.39 is 10.0 Å². The van der Waals surface area contributed by atoms with E-state index in [1.54, 1.807) is 12.1 Å². The van der Waals surface area contributed by atoms with Crippen molar-refractivity contribution in [1.82, 2.24) is 13.8 Å². The van der Waals surface area contributed by atoms with E-state index in [1.165, 1.54) is 4.31 Å². The molecule has 0 radical (unpaired) electrons. The fourth-order valence-corrected chi connectivity index (χ4v) is 7.06. The Morgan fingerprint density at radius 3 is 2.32 bits per heavy atom. The molecule has 31 heavy (non-hydrogen) atoms. The number of carbonyl (C=O) groups is 1. The van der Waals surface area contributed by atoms with Gasteiger partial charge >= 0.3 is 0 Å². The lowest BCUT2D eigenvalue weighted by Gasteiger charge is -2.33. The number of halogens is 1. The first-order valence-corrected chi connectivity index (χ1v) is 12.7. The topological polar surface area (TPSA) is 62.6 Å². The summed E-state index contributed by atoms with van der Waals surface area (Å²) in [5.74, 6) is 0.0524. The number of aryl methyl sites for hydroxylation is 1. The molecule has 0 unspecified atom stereocenters.